The summed E-state index contributed by atoms with van der Waals surface area (Å²) in [5, 5.41) is 5.00. The molecule has 1 N–H and O–H groups in total. The van der Waals surface area contributed by atoms with Gasteiger partial charge in [0.25, 0.3) is 11.8 Å². The molecule has 2 bridgehead atoms. The SMILES string of the molecule is COc1ccc2c(c1)C=C(c1c(C(=O)N3C[C@@H]4C[C@H]3CN4CC3CC3)cnn1C)Cn1c-2c(C2CCCCC2)c2ccc(C(=O)NS(=O)(=O)C(C)C)cc21. The molecule has 0 unspecified atom stereocenters. The number of methoxy groups -OCH3 is 1. The van der Waals surface area contributed by atoms with Crippen molar-refractivity contribution in [3.8, 4) is 17.0 Å². The van der Waals surface area contributed by atoms with E-state index in [1.807, 2.05) is 29.9 Å². The van der Waals surface area contributed by atoms with E-state index in [0.717, 1.165) is 102 Å². The third kappa shape index (κ3) is 6.05. The molecular formula is C42H50N6O5S. The van der Waals surface area contributed by atoms with Gasteiger partial charge in [-0.2, -0.15) is 5.10 Å². The first kappa shape index (κ1) is 35.3. The van der Waals surface area contributed by atoms with Crippen LogP contribution in [0.3, 0.4) is 0 Å². The molecule has 0 radical (unpaired) electrons. The fraction of sp³-hybridized carbons (Fsp3) is 0.500. The van der Waals surface area contributed by atoms with E-state index in [4.69, 9.17) is 4.74 Å². The van der Waals surface area contributed by atoms with Crippen LogP contribution in [0.2, 0.25) is 0 Å². The van der Waals surface area contributed by atoms with E-state index in [2.05, 4.69) is 42.4 Å². The number of piperazine rings is 1. The number of benzene rings is 2. The molecule has 5 aliphatic rings. The summed E-state index contributed by atoms with van der Waals surface area (Å²) in [7, 11) is -0.255. The predicted octanol–water partition coefficient (Wildman–Crippen LogP) is 6.43. The van der Waals surface area contributed by atoms with Crippen LogP contribution in [0.1, 0.15) is 109 Å². The zero-order valence-corrected chi connectivity index (χ0v) is 32.5. The molecule has 284 valence electrons. The lowest BCUT2D eigenvalue weighted by Gasteiger charge is -2.34. The summed E-state index contributed by atoms with van der Waals surface area (Å²) in [6.45, 7) is 6.37. The first-order valence-corrected chi connectivity index (χ1v) is 21.2. The minimum absolute atomic E-state index is 0.0264. The van der Waals surface area contributed by atoms with Crippen molar-refractivity contribution in [3.05, 3.63) is 70.5 Å². The monoisotopic (exact) mass is 750 g/mol. The van der Waals surface area contributed by atoms with Crippen LogP contribution in [0.4, 0.5) is 0 Å². The van der Waals surface area contributed by atoms with Crippen molar-refractivity contribution < 1.29 is 22.7 Å². The van der Waals surface area contributed by atoms with Gasteiger partial charge in [-0.05, 0) is 111 Å². The van der Waals surface area contributed by atoms with Gasteiger partial charge in [-0.1, -0.05) is 25.3 Å². The maximum atomic E-state index is 14.5. The third-order valence-electron chi connectivity index (χ3n) is 12.7. The van der Waals surface area contributed by atoms with Gasteiger partial charge in [-0.15, -0.1) is 0 Å². The topological polar surface area (TPSA) is 119 Å². The first-order chi connectivity index (χ1) is 26.0. The normalized spacial score (nSPS) is 21.6. The van der Waals surface area contributed by atoms with Crippen LogP contribution < -0.4 is 9.46 Å². The number of likely N-dealkylation sites (tertiary alicyclic amines) is 2. The summed E-state index contributed by atoms with van der Waals surface area (Å²) in [5.74, 6) is 1.27. The number of amides is 2. The van der Waals surface area contributed by atoms with Gasteiger partial charge in [0.15, 0.2) is 0 Å². The zero-order valence-electron chi connectivity index (χ0n) is 31.7. The van der Waals surface area contributed by atoms with Gasteiger partial charge < -0.3 is 14.2 Å². The van der Waals surface area contributed by atoms with Gasteiger partial charge in [-0.3, -0.25) is 19.2 Å². The lowest BCUT2D eigenvalue weighted by atomic mass is 9.81. The maximum absolute atomic E-state index is 14.5. The molecule has 2 aromatic heterocycles. The third-order valence-corrected chi connectivity index (χ3v) is 14.4. The Labute approximate surface area is 317 Å². The van der Waals surface area contributed by atoms with E-state index in [1.165, 1.54) is 24.8 Å². The standard InChI is InChI=1S/C42H50N6O5S/c1-25(2)54(51,52)44-41(49)28-12-14-35-37(18-28)48-22-30(16-29-17-33(53-4)13-15-34(29)40(48)38(35)27-8-6-5-7-9-27)39-36(20-43-45(39)3)42(50)47-24-31-19-32(47)23-46(31)21-26-10-11-26/h12-18,20,25-27,31-32H,5-11,19,21-24H2,1-4H3,(H,44,49)/t31-,32-/m0/s1. The minimum Gasteiger partial charge on any atom is -0.497 e. The van der Waals surface area contributed by atoms with Crippen molar-refractivity contribution in [3.63, 3.8) is 0 Å². The van der Waals surface area contributed by atoms with Crippen LogP contribution in [0.5, 0.6) is 5.75 Å². The molecular weight excluding hydrogens is 701 g/mol. The van der Waals surface area contributed by atoms with Crippen LogP contribution >= 0.6 is 0 Å². The van der Waals surface area contributed by atoms with Crippen LogP contribution in [0.25, 0.3) is 33.8 Å². The molecule has 4 fully saturated rings. The van der Waals surface area contributed by atoms with E-state index in [1.54, 1.807) is 33.2 Å². The molecule has 2 aliphatic carbocycles. The number of nitrogens with one attached hydrogen (secondary N) is 1. The van der Waals surface area contributed by atoms with E-state index >= 15 is 0 Å². The average molecular weight is 751 g/mol. The average Bonchev–Trinajstić information content (AvgIpc) is 3.46. The van der Waals surface area contributed by atoms with E-state index in [0.29, 0.717) is 24.1 Å². The number of hydrogen-bond acceptors (Lipinski definition) is 7. The molecule has 2 saturated heterocycles. The number of carbonyl (C=O) groups excluding carboxylic acids is 2. The molecule has 2 aromatic carbocycles. The summed E-state index contributed by atoms with van der Waals surface area (Å²) >= 11 is 0. The van der Waals surface area contributed by atoms with Crippen molar-refractivity contribution in [1.29, 1.82) is 0 Å². The number of rotatable bonds is 9. The lowest BCUT2D eigenvalue weighted by molar-refractivity contribution is 0.0619. The van der Waals surface area contributed by atoms with E-state index in [-0.39, 0.29) is 17.5 Å². The molecule has 3 aliphatic heterocycles. The van der Waals surface area contributed by atoms with Crippen molar-refractivity contribution in [1.82, 2.24) is 28.9 Å². The Hall–Kier alpha value is -4.42. The summed E-state index contributed by atoms with van der Waals surface area (Å²) < 4.78 is 37.6. The second-order valence-electron chi connectivity index (χ2n) is 16.5. The predicted molar refractivity (Wildman–Crippen MR) is 210 cm³/mol. The fourth-order valence-electron chi connectivity index (χ4n) is 9.62. The molecule has 2 amide bonds. The molecule has 2 saturated carbocycles. The quantitative estimate of drug-likeness (QED) is 0.210. The number of ether oxygens (including phenoxy) is 1. The Morgan fingerprint density at radius 3 is 2.48 bits per heavy atom. The number of allylic oxidation sites excluding steroid dienone is 1. The Kier molecular flexibility index (Phi) is 8.76. The van der Waals surface area contributed by atoms with Gasteiger partial charge in [0, 0.05) is 60.8 Å². The van der Waals surface area contributed by atoms with Crippen molar-refractivity contribution in [2.24, 2.45) is 13.0 Å². The summed E-state index contributed by atoms with van der Waals surface area (Å²) in [6.07, 6.45) is 13.3. The van der Waals surface area contributed by atoms with Gasteiger partial charge in [-0.25, -0.2) is 13.1 Å². The maximum Gasteiger partial charge on any atom is 0.264 e. The van der Waals surface area contributed by atoms with Crippen molar-refractivity contribution in [2.45, 2.75) is 95.0 Å². The summed E-state index contributed by atoms with van der Waals surface area (Å²) in [4.78, 5) is 32.7. The number of aromatic nitrogens is 3. The molecule has 4 aromatic rings. The smallest absolute Gasteiger partial charge is 0.264 e. The summed E-state index contributed by atoms with van der Waals surface area (Å²) in [5.41, 5.74) is 7.83. The van der Waals surface area contributed by atoms with Crippen molar-refractivity contribution >= 4 is 44.4 Å². The van der Waals surface area contributed by atoms with Crippen LogP contribution in [-0.2, 0) is 23.6 Å². The molecule has 11 nitrogen and oxygen atoms in total. The Bertz CT molecular complexity index is 2310. The lowest BCUT2D eigenvalue weighted by Crippen LogP contribution is -2.49. The van der Waals surface area contributed by atoms with E-state index in [9.17, 15) is 18.0 Å². The molecule has 54 heavy (non-hydrogen) atoms. The second-order valence-corrected chi connectivity index (χ2v) is 18.7. The van der Waals surface area contributed by atoms with Gasteiger partial charge in [0.2, 0.25) is 10.0 Å². The number of sulfonamides is 1. The largest absolute Gasteiger partial charge is 0.497 e. The van der Waals surface area contributed by atoms with Crippen molar-refractivity contribution in [2.75, 3.05) is 26.7 Å². The zero-order chi connectivity index (χ0) is 37.5. The Morgan fingerprint density at radius 1 is 0.981 bits per heavy atom. The second kappa shape index (κ2) is 13.4. The molecule has 9 rings (SSSR count). The van der Waals surface area contributed by atoms with Crippen LogP contribution in [0, 0.1) is 5.92 Å². The number of aryl methyl sites for hydroxylation is 1. The Balaban J connectivity index is 1.17. The number of hydrogen-bond donors (Lipinski definition) is 1. The molecule has 5 heterocycles. The molecule has 12 heteroatoms. The number of nitrogens with zero attached hydrogens (tertiary/aromatic N) is 5. The number of carbonyl (C=O) groups is 2. The Morgan fingerprint density at radius 2 is 1.78 bits per heavy atom. The fourth-order valence-corrected chi connectivity index (χ4v) is 10.2. The molecule has 2 atom stereocenters. The minimum atomic E-state index is -3.83. The molecule has 0 spiro atoms. The highest BCUT2D eigenvalue weighted by Gasteiger charge is 2.47. The van der Waals surface area contributed by atoms with Gasteiger partial charge in [0.1, 0.15) is 5.75 Å². The van der Waals surface area contributed by atoms with Crippen LogP contribution in [-0.4, -0.2) is 88.5 Å². The van der Waals surface area contributed by atoms with Crippen LogP contribution in [0.15, 0.2) is 42.6 Å². The summed E-state index contributed by atoms with van der Waals surface area (Å²) in [6, 6.07) is 12.4. The van der Waals surface area contributed by atoms with Gasteiger partial charge >= 0.3 is 0 Å². The highest BCUT2D eigenvalue weighted by molar-refractivity contribution is 7.90. The van der Waals surface area contributed by atoms with E-state index < -0.39 is 21.2 Å². The highest BCUT2D eigenvalue weighted by Crippen LogP contribution is 2.48. The highest BCUT2D eigenvalue weighted by atomic mass is 32.2. The first-order valence-electron chi connectivity index (χ1n) is 19.7. The van der Waals surface area contributed by atoms with Gasteiger partial charge in [0.05, 0.1) is 42.1 Å². The number of fused-ring (bicyclic) bond motifs is 7.